The number of hydrogen-bond acceptors (Lipinski definition) is 2. The first-order chi connectivity index (χ1) is 10.2. The minimum atomic E-state index is -4.20. The Balaban J connectivity index is 0.00000264. The number of rotatable bonds is 5. The first kappa shape index (κ1) is 20.7. The maximum Gasteiger partial charge on any atom is 0.294 e. The molecule has 0 aliphatic heterocycles. The van der Waals surface area contributed by atoms with E-state index in [1.807, 2.05) is 18.2 Å². The molecule has 0 aromatic heterocycles. The second kappa shape index (κ2) is 8.13. The van der Waals surface area contributed by atoms with Crippen molar-refractivity contribution in [2.24, 2.45) is 11.8 Å². The smallest absolute Gasteiger partial charge is 0.282 e. The van der Waals surface area contributed by atoms with Crippen LogP contribution < -0.4 is 0 Å². The van der Waals surface area contributed by atoms with Crippen LogP contribution in [-0.4, -0.2) is 42.5 Å². The van der Waals surface area contributed by atoms with Crippen LogP contribution >= 0.6 is 0 Å². The molecule has 2 rings (SSSR count). The van der Waals surface area contributed by atoms with Crippen LogP contribution in [0.25, 0.3) is 10.8 Å². The standard InChI is InChI=1S/C18H24O3S.Na/c1-12(2)8-14-6-5-7-17-15(9-13(3)4)10-16(11-18(14)17)22(19,20)21;/h5-7,10-13H,8-9H2,1-4H3,(H,19,20,21);. The molecule has 0 heterocycles. The second-order valence-electron chi connectivity index (χ2n) is 6.77. The van der Waals surface area contributed by atoms with Crippen LogP contribution in [0.15, 0.2) is 35.2 Å². The Morgan fingerprint density at radius 3 is 2.00 bits per heavy atom. The number of fused-ring (bicyclic) bond motifs is 1. The Morgan fingerprint density at radius 2 is 1.48 bits per heavy atom. The summed E-state index contributed by atoms with van der Waals surface area (Å²) >= 11 is 0. The van der Waals surface area contributed by atoms with Crippen LogP contribution in [0.3, 0.4) is 0 Å². The fourth-order valence-electron chi connectivity index (χ4n) is 2.87. The molecule has 0 fully saturated rings. The molecule has 2 aromatic carbocycles. The molecule has 0 spiro atoms. The van der Waals surface area contributed by atoms with Crippen molar-refractivity contribution in [2.75, 3.05) is 0 Å². The Kier molecular flexibility index (Phi) is 7.30. The van der Waals surface area contributed by atoms with Crippen LogP contribution in [0.4, 0.5) is 0 Å². The molecular formula is C18H24NaO3S. The fourth-order valence-corrected chi connectivity index (χ4v) is 3.43. The molecule has 0 amide bonds. The molecule has 1 radical (unpaired) electrons. The molecule has 0 atom stereocenters. The van der Waals surface area contributed by atoms with Gasteiger partial charge in [0.1, 0.15) is 0 Å². The monoisotopic (exact) mass is 343 g/mol. The van der Waals surface area contributed by atoms with Gasteiger partial charge in [-0.25, -0.2) is 0 Å². The van der Waals surface area contributed by atoms with Crippen molar-refractivity contribution < 1.29 is 13.0 Å². The van der Waals surface area contributed by atoms with Gasteiger partial charge in [0.25, 0.3) is 10.1 Å². The second-order valence-corrected chi connectivity index (χ2v) is 8.19. The van der Waals surface area contributed by atoms with E-state index >= 15 is 0 Å². The average molecular weight is 343 g/mol. The predicted molar refractivity (Wildman–Crippen MR) is 96.6 cm³/mol. The van der Waals surface area contributed by atoms with Crippen molar-refractivity contribution in [2.45, 2.75) is 45.4 Å². The predicted octanol–water partition coefficient (Wildman–Crippen LogP) is 4.10. The summed E-state index contributed by atoms with van der Waals surface area (Å²) in [6.45, 7) is 8.48. The third-order valence-electron chi connectivity index (χ3n) is 3.70. The van der Waals surface area contributed by atoms with Crippen LogP contribution in [0.5, 0.6) is 0 Å². The van der Waals surface area contributed by atoms with Crippen molar-refractivity contribution in [3.8, 4) is 0 Å². The van der Waals surface area contributed by atoms with Gasteiger partial charge < -0.3 is 0 Å². The van der Waals surface area contributed by atoms with Crippen LogP contribution in [0.1, 0.15) is 38.8 Å². The normalized spacial score (nSPS) is 12.0. The zero-order valence-corrected chi connectivity index (χ0v) is 17.4. The van der Waals surface area contributed by atoms with E-state index < -0.39 is 10.1 Å². The summed E-state index contributed by atoms with van der Waals surface area (Å²) in [6.07, 6.45) is 1.67. The number of hydrogen-bond donors (Lipinski definition) is 1. The summed E-state index contributed by atoms with van der Waals surface area (Å²) in [7, 11) is -4.20. The van der Waals surface area contributed by atoms with Gasteiger partial charge in [-0.2, -0.15) is 8.42 Å². The first-order valence-electron chi connectivity index (χ1n) is 7.70. The summed E-state index contributed by atoms with van der Waals surface area (Å²) < 4.78 is 32.7. The van der Waals surface area contributed by atoms with E-state index in [2.05, 4.69) is 27.7 Å². The van der Waals surface area contributed by atoms with Crippen LogP contribution in [0.2, 0.25) is 0 Å². The van der Waals surface area contributed by atoms with Gasteiger partial charge in [0.2, 0.25) is 0 Å². The molecule has 0 saturated carbocycles. The third-order valence-corrected chi connectivity index (χ3v) is 4.53. The Labute approximate surface area is 161 Å². The minimum Gasteiger partial charge on any atom is -0.282 e. The van der Waals surface area contributed by atoms with Gasteiger partial charge in [0.15, 0.2) is 0 Å². The van der Waals surface area contributed by atoms with Gasteiger partial charge in [-0.15, -0.1) is 0 Å². The van der Waals surface area contributed by atoms with E-state index in [1.54, 1.807) is 12.1 Å². The van der Waals surface area contributed by atoms with Crippen LogP contribution in [-0.2, 0) is 23.0 Å². The molecule has 3 nitrogen and oxygen atoms in total. The van der Waals surface area contributed by atoms with Crippen molar-refractivity contribution in [3.63, 3.8) is 0 Å². The average Bonchev–Trinajstić information content (AvgIpc) is 2.37. The zero-order valence-electron chi connectivity index (χ0n) is 14.6. The summed E-state index contributed by atoms with van der Waals surface area (Å²) in [4.78, 5) is -0.00754. The maximum absolute atomic E-state index is 11.6. The molecule has 5 heteroatoms. The van der Waals surface area contributed by atoms with Gasteiger partial charge in [0, 0.05) is 29.6 Å². The summed E-state index contributed by atoms with van der Waals surface area (Å²) in [6, 6.07) is 9.31. The molecule has 0 aliphatic rings. The van der Waals surface area contributed by atoms with E-state index in [-0.39, 0.29) is 34.5 Å². The van der Waals surface area contributed by atoms with Crippen molar-refractivity contribution >= 4 is 50.4 Å². The van der Waals surface area contributed by atoms with Crippen LogP contribution in [0, 0.1) is 11.8 Å². The van der Waals surface area contributed by atoms with Crippen molar-refractivity contribution in [1.29, 1.82) is 0 Å². The summed E-state index contributed by atoms with van der Waals surface area (Å²) in [5.74, 6) is 0.891. The molecule has 121 valence electrons. The van der Waals surface area contributed by atoms with Gasteiger partial charge in [0.05, 0.1) is 4.90 Å². The van der Waals surface area contributed by atoms with Crippen molar-refractivity contribution in [1.82, 2.24) is 0 Å². The summed E-state index contributed by atoms with van der Waals surface area (Å²) in [5, 5.41) is 2.02. The van der Waals surface area contributed by atoms with E-state index in [0.29, 0.717) is 11.8 Å². The maximum atomic E-state index is 11.6. The van der Waals surface area contributed by atoms with Crippen molar-refractivity contribution in [3.05, 3.63) is 41.5 Å². The first-order valence-corrected chi connectivity index (χ1v) is 9.14. The Morgan fingerprint density at radius 1 is 0.913 bits per heavy atom. The molecule has 0 unspecified atom stereocenters. The third kappa shape index (κ3) is 5.30. The minimum absolute atomic E-state index is 0. The molecule has 0 saturated heterocycles. The topological polar surface area (TPSA) is 54.4 Å². The van der Waals surface area contributed by atoms with E-state index in [9.17, 15) is 13.0 Å². The molecular weight excluding hydrogens is 319 g/mol. The number of benzene rings is 2. The molecule has 1 N–H and O–H groups in total. The molecule has 2 aromatic rings. The Bertz CT molecular complexity index is 780. The van der Waals surface area contributed by atoms with E-state index in [1.165, 1.54) is 0 Å². The molecule has 23 heavy (non-hydrogen) atoms. The quantitative estimate of drug-likeness (QED) is 0.657. The van der Waals surface area contributed by atoms with Gasteiger partial charge in [-0.1, -0.05) is 45.9 Å². The fraction of sp³-hybridized carbons (Fsp3) is 0.444. The molecule has 0 aliphatic carbocycles. The zero-order chi connectivity index (χ0) is 16.5. The SMILES string of the molecule is CC(C)Cc1cc(S(=O)(=O)O)cc2c(CC(C)C)cccc12.[Na]. The van der Waals surface area contributed by atoms with E-state index in [0.717, 1.165) is 34.7 Å². The van der Waals surface area contributed by atoms with Gasteiger partial charge >= 0.3 is 0 Å². The Hall–Kier alpha value is -0.390. The molecule has 0 bridgehead atoms. The summed E-state index contributed by atoms with van der Waals surface area (Å²) in [5.41, 5.74) is 2.11. The largest absolute Gasteiger partial charge is 0.294 e. The van der Waals surface area contributed by atoms with Gasteiger partial charge in [-0.05, 0) is 58.7 Å². The van der Waals surface area contributed by atoms with E-state index in [4.69, 9.17) is 0 Å². The van der Waals surface area contributed by atoms with Gasteiger partial charge in [-0.3, -0.25) is 4.55 Å².